The van der Waals surface area contributed by atoms with Crippen LogP contribution in [-0.2, 0) is 12.8 Å². The number of aryl methyl sites for hydroxylation is 3. The van der Waals surface area contributed by atoms with Crippen LogP contribution in [0.4, 0.5) is 10.5 Å². The van der Waals surface area contributed by atoms with Crippen LogP contribution in [-0.4, -0.2) is 53.9 Å². The van der Waals surface area contributed by atoms with Gasteiger partial charge in [0.25, 0.3) is 5.91 Å². The molecule has 1 fully saturated rings. The van der Waals surface area contributed by atoms with Gasteiger partial charge in [0.15, 0.2) is 11.6 Å². The Labute approximate surface area is 171 Å². The average Bonchev–Trinajstić information content (AvgIpc) is 3.33. The molecule has 1 aromatic carbocycles. The monoisotopic (exact) mass is 396 g/mol. The van der Waals surface area contributed by atoms with E-state index in [1.54, 1.807) is 21.0 Å². The molecular formula is C22H28N4O3. The van der Waals surface area contributed by atoms with E-state index in [1.165, 1.54) is 22.4 Å². The van der Waals surface area contributed by atoms with Gasteiger partial charge in [-0.05, 0) is 62.3 Å². The summed E-state index contributed by atoms with van der Waals surface area (Å²) in [5.74, 6) is 1.13. The van der Waals surface area contributed by atoms with Gasteiger partial charge in [0, 0.05) is 38.8 Å². The number of fused-ring (bicyclic) bond motifs is 1. The molecule has 0 unspecified atom stereocenters. The molecule has 1 aliphatic carbocycles. The summed E-state index contributed by atoms with van der Waals surface area (Å²) >= 11 is 0. The number of rotatable bonds is 3. The fraction of sp³-hybridized carbons (Fsp3) is 0.500. The molecule has 0 spiro atoms. The Hall–Kier alpha value is -2.83. The Kier molecular flexibility index (Phi) is 5.30. The molecule has 1 saturated heterocycles. The van der Waals surface area contributed by atoms with Gasteiger partial charge >= 0.3 is 6.03 Å². The molecular weight excluding hydrogens is 368 g/mol. The highest BCUT2D eigenvalue weighted by Crippen LogP contribution is 2.30. The first-order chi connectivity index (χ1) is 13.9. The van der Waals surface area contributed by atoms with E-state index in [-0.39, 0.29) is 17.9 Å². The summed E-state index contributed by atoms with van der Waals surface area (Å²) in [6.07, 6.45) is 4.97. The van der Waals surface area contributed by atoms with E-state index in [0.29, 0.717) is 30.4 Å². The number of urea groups is 1. The largest absolute Gasteiger partial charge is 0.445 e. The zero-order valence-corrected chi connectivity index (χ0v) is 17.3. The van der Waals surface area contributed by atoms with Crippen LogP contribution < -0.4 is 5.32 Å². The number of carbonyl (C=O) groups excluding carboxylic acids is 2. The zero-order chi connectivity index (χ0) is 20.5. The normalized spacial score (nSPS) is 16.6. The number of benzene rings is 1. The van der Waals surface area contributed by atoms with Crippen molar-refractivity contribution >= 4 is 17.6 Å². The molecule has 7 nitrogen and oxygen atoms in total. The number of aromatic nitrogens is 1. The molecule has 2 aromatic rings. The van der Waals surface area contributed by atoms with Crippen molar-refractivity contribution in [2.45, 2.75) is 44.9 Å². The predicted molar refractivity (Wildman–Crippen MR) is 110 cm³/mol. The topological polar surface area (TPSA) is 78.7 Å². The lowest BCUT2D eigenvalue weighted by Crippen LogP contribution is -2.40. The molecule has 0 atom stereocenters. The zero-order valence-electron chi connectivity index (χ0n) is 17.3. The Morgan fingerprint density at radius 1 is 1.17 bits per heavy atom. The third-order valence-corrected chi connectivity index (χ3v) is 5.90. The molecule has 0 bridgehead atoms. The number of hydrogen-bond donors (Lipinski definition) is 1. The van der Waals surface area contributed by atoms with E-state index in [2.05, 4.69) is 22.4 Å². The van der Waals surface area contributed by atoms with Crippen molar-refractivity contribution in [2.75, 3.05) is 32.5 Å². The standard InChI is InChI=1S/C22H28N4O3/c1-14-19(21(27)25(2)3)24-20(29-14)16-9-11-26(12-10-16)22(28)23-18-8-7-15-5-4-6-17(15)13-18/h7-8,13,16H,4-6,9-12H2,1-3H3,(H,23,28). The summed E-state index contributed by atoms with van der Waals surface area (Å²) in [7, 11) is 3.41. The molecule has 2 aliphatic rings. The summed E-state index contributed by atoms with van der Waals surface area (Å²) < 4.78 is 5.78. The molecule has 1 aliphatic heterocycles. The Balaban J connectivity index is 1.35. The van der Waals surface area contributed by atoms with Gasteiger partial charge in [-0.2, -0.15) is 0 Å². The summed E-state index contributed by atoms with van der Waals surface area (Å²) in [6, 6.07) is 6.16. The van der Waals surface area contributed by atoms with Crippen LogP contribution in [0.1, 0.15) is 58.4 Å². The fourth-order valence-corrected chi connectivity index (χ4v) is 4.18. The van der Waals surface area contributed by atoms with Gasteiger partial charge in [-0.15, -0.1) is 0 Å². The third kappa shape index (κ3) is 3.99. The molecule has 0 radical (unpaired) electrons. The Morgan fingerprint density at radius 2 is 1.90 bits per heavy atom. The summed E-state index contributed by atoms with van der Waals surface area (Å²) in [5, 5.41) is 3.03. The van der Waals surface area contributed by atoms with Gasteiger partial charge < -0.3 is 19.5 Å². The van der Waals surface area contributed by atoms with E-state index in [0.717, 1.165) is 31.4 Å². The van der Waals surface area contributed by atoms with Crippen molar-refractivity contribution in [1.82, 2.24) is 14.8 Å². The second-order valence-corrected chi connectivity index (χ2v) is 8.18. The smallest absolute Gasteiger partial charge is 0.321 e. The highest BCUT2D eigenvalue weighted by Gasteiger charge is 2.29. The minimum atomic E-state index is -0.149. The molecule has 4 rings (SSSR count). The fourth-order valence-electron chi connectivity index (χ4n) is 4.18. The van der Waals surface area contributed by atoms with E-state index < -0.39 is 0 Å². The first-order valence-electron chi connectivity index (χ1n) is 10.3. The van der Waals surface area contributed by atoms with Crippen LogP contribution in [0.15, 0.2) is 22.6 Å². The van der Waals surface area contributed by atoms with Gasteiger partial charge in [0.2, 0.25) is 0 Å². The van der Waals surface area contributed by atoms with Gasteiger partial charge in [-0.25, -0.2) is 9.78 Å². The predicted octanol–water partition coefficient (Wildman–Crippen LogP) is 3.59. The molecule has 3 amide bonds. The lowest BCUT2D eigenvalue weighted by molar-refractivity contribution is 0.0821. The number of piperidine rings is 1. The number of anilines is 1. The van der Waals surface area contributed by atoms with Crippen molar-refractivity contribution in [2.24, 2.45) is 0 Å². The van der Waals surface area contributed by atoms with Gasteiger partial charge in [-0.3, -0.25) is 4.79 Å². The number of nitrogens with one attached hydrogen (secondary N) is 1. The highest BCUT2D eigenvalue weighted by molar-refractivity contribution is 5.92. The maximum atomic E-state index is 12.7. The lowest BCUT2D eigenvalue weighted by Gasteiger charge is -2.30. The number of carbonyl (C=O) groups is 2. The number of hydrogen-bond acceptors (Lipinski definition) is 4. The summed E-state index contributed by atoms with van der Waals surface area (Å²) in [4.78, 5) is 32.6. The van der Waals surface area contributed by atoms with Crippen LogP contribution in [0, 0.1) is 6.92 Å². The lowest BCUT2D eigenvalue weighted by atomic mass is 9.97. The molecule has 0 saturated carbocycles. The number of amides is 3. The third-order valence-electron chi connectivity index (χ3n) is 5.90. The number of oxazole rings is 1. The maximum absolute atomic E-state index is 12.7. The van der Waals surface area contributed by atoms with Crippen molar-refractivity contribution < 1.29 is 14.0 Å². The van der Waals surface area contributed by atoms with Crippen LogP contribution in [0.2, 0.25) is 0 Å². The van der Waals surface area contributed by atoms with E-state index in [4.69, 9.17) is 4.42 Å². The maximum Gasteiger partial charge on any atom is 0.321 e. The molecule has 29 heavy (non-hydrogen) atoms. The number of likely N-dealkylation sites (tertiary alicyclic amines) is 1. The van der Waals surface area contributed by atoms with Crippen molar-refractivity contribution in [1.29, 1.82) is 0 Å². The van der Waals surface area contributed by atoms with Crippen LogP contribution in [0.25, 0.3) is 0 Å². The van der Waals surface area contributed by atoms with Gasteiger partial charge in [0.1, 0.15) is 5.76 Å². The second-order valence-electron chi connectivity index (χ2n) is 8.18. The van der Waals surface area contributed by atoms with Gasteiger partial charge in [0.05, 0.1) is 0 Å². The summed E-state index contributed by atoms with van der Waals surface area (Å²) in [6.45, 7) is 3.05. The minimum Gasteiger partial charge on any atom is -0.445 e. The minimum absolute atomic E-state index is 0.0616. The number of nitrogens with zero attached hydrogens (tertiary/aromatic N) is 3. The summed E-state index contributed by atoms with van der Waals surface area (Å²) in [5.41, 5.74) is 4.00. The second kappa shape index (κ2) is 7.89. The molecule has 2 heterocycles. The van der Waals surface area contributed by atoms with E-state index in [9.17, 15) is 9.59 Å². The average molecular weight is 396 g/mol. The SMILES string of the molecule is Cc1oc(C2CCN(C(=O)Nc3ccc4c(c3)CCC4)CC2)nc1C(=O)N(C)C. The van der Waals surface area contributed by atoms with E-state index in [1.807, 2.05) is 11.0 Å². The Morgan fingerprint density at radius 3 is 2.62 bits per heavy atom. The molecule has 1 aromatic heterocycles. The first-order valence-corrected chi connectivity index (χ1v) is 10.3. The molecule has 7 heteroatoms. The Bertz CT molecular complexity index is 926. The van der Waals surface area contributed by atoms with Crippen LogP contribution in [0.5, 0.6) is 0 Å². The van der Waals surface area contributed by atoms with Crippen LogP contribution >= 0.6 is 0 Å². The van der Waals surface area contributed by atoms with Crippen molar-refractivity contribution in [3.8, 4) is 0 Å². The van der Waals surface area contributed by atoms with Gasteiger partial charge in [-0.1, -0.05) is 6.07 Å². The van der Waals surface area contributed by atoms with Crippen LogP contribution in [0.3, 0.4) is 0 Å². The van der Waals surface area contributed by atoms with Crippen molar-refractivity contribution in [3.63, 3.8) is 0 Å². The first kappa shape index (κ1) is 19.5. The quantitative estimate of drug-likeness (QED) is 0.860. The van der Waals surface area contributed by atoms with E-state index >= 15 is 0 Å². The molecule has 154 valence electrons. The van der Waals surface area contributed by atoms with Crippen molar-refractivity contribution in [3.05, 3.63) is 46.7 Å². The molecule has 1 N–H and O–H groups in total. The highest BCUT2D eigenvalue weighted by atomic mass is 16.4.